The molecule has 186 valence electrons. The summed E-state index contributed by atoms with van der Waals surface area (Å²) in [7, 11) is 0. The molecule has 0 aromatic heterocycles. The summed E-state index contributed by atoms with van der Waals surface area (Å²) < 4.78 is 0. The number of benzene rings is 2. The van der Waals surface area contributed by atoms with Gasteiger partial charge in [0.2, 0.25) is 0 Å². The van der Waals surface area contributed by atoms with E-state index in [1.165, 1.54) is 5.56 Å². The molecule has 0 bridgehead atoms. The Hall–Kier alpha value is -3.07. The molecule has 8 nitrogen and oxygen atoms in total. The van der Waals surface area contributed by atoms with Gasteiger partial charge in [0.25, 0.3) is 0 Å². The lowest BCUT2D eigenvalue weighted by Crippen LogP contribution is -2.49. The molecule has 3 rings (SSSR count). The molecule has 0 saturated heterocycles. The molecule has 1 atom stereocenters. The number of hydrogen-bond acceptors (Lipinski definition) is 6. The molecule has 1 unspecified atom stereocenters. The van der Waals surface area contributed by atoms with E-state index in [0.29, 0.717) is 31.4 Å². The molecule has 2 aromatic rings. The molecular formula is C26H37N3O5. The van der Waals surface area contributed by atoms with Crippen LogP contribution in [0.3, 0.4) is 0 Å². The maximum Gasteiger partial charge on any atom is 0.323 e. The van der Waals surface area contributed by atoms with Crippen molar-refractivity contribution in [2.45, 2.75) is 62.9 Å². The minimum absolute atomic E-state index is 0.520. The summed E-state index contributed by atoms with van der Waals surface area (Å²) in [6.07, 6.45) is 7.36. The van der Waals surface area contributed by atoms with Crippen LogP contribution in [-0.2, 0) is 9.59 Å². The quantitative estimate of drug-likeness (QED) is 0.288. The van der Waals surface area contributed by atoms with Crippen LogP contribution in [0.4, 0.5) is 0 Å². The number of unbranched alkanes of at least 4 members (excludes halogenated alkanes) is 1. The molecule has 0 radical (unpaired) electrons. The van der Waals surface area contributed by atoms with Crippen LogP contribution in [-0.4, -0.2) is 46.6 Å². The Labute approximate surface area is 201 Å². The number of hydrogen-bond donors (Lipinski definition) is 5. The summed E-state index contributed by atoms with van der Waals surface area (Å²) in [6, 6.07) is 17.0. The zero-order valence-electron chi connectivity index (χ0n) is 19.6. The Morgan fingerprint density at radius 1 is 0.912 bits per heavy atom. The van der Waals surface area contributed by atoms with Crippen molar-refractivity contribution in [2.75, 3.05) is 6.54 Å². The number of rotatable bonds is 8. The van der Waals surface area contributed by atoms with Gasteiger partial charge in [-0.1, -0.05) is 80.3 Å². The molecule has 0 spiro atoms. The maximum atomic E-state index is 10.6. The number of aldehydes is 1. The first-order valence-electron chi connectivity index (χ1n) is 11.5. The fourth-order valence-electron chi connectivity index (χ4n) is 3.41. The van der Waals surface area contributed by atoms with E-state index in [1.807, 2.05) is 42.5 Å². The molecule has 8 N–H and O–H groups in total. The van der Waals surface area contributed by atoms with Crippen LogP contribution < -0.4 is 17.2 Å². The van der Waals surface area contributed by atoms with Crippen LogP contribution in [0.25, 0.3) is 11.1 Å². The highest BCUT2D eigenvalue weighted by Crippen LogP contribution is 2.25. The van der Waals surface area contributed by atoms with Gasteiger partial charge in [-0.2, -0.15) is 0 Å². The second-order valence-electron chi connectivity index (χ2n) is 8.36. The van der Waals surface area contributed by atoms with Crippen LogP contribution in [0.5, 0.6) is 0 Å². The SMILES string of the molecule is NC1(C(=O)O)CCCCC1.NCCCCC(N)C(=O)O.O=Cc1ccc(-c2ccccc2)cc1. The maximum absolute atomic E-state index is 10.6. The van der Waals surface area contributed by atoms with Crippen molar-refractivity contribution in [3.05, 3.63) is 60.2 Å². The smallest absolute Gasteiger partial charge is 0.323 e. The van der Waals surface area contributed by atoms with Crippen LogP contribution in [0.2, 0.25) is 0 Å². The summed E-state index contributed by atoms with van der Waals surface area (Å²) >= 11 is 0. The number of carboxylic acids is 2. The van der Waals surface area contributed by atoms with E-state index in [-0.39, 0.29) is 0 Å². The Balaban J connectivity index is 0.000000262. The van der Waals surface area contributed by atoms with E-state index < -0.39 is 23.5 Å². The minimum atomic E-state index is -0.933. The molecule has 8 heteroatoms. The zero-order chi connectivity index (χ0) is 25.4. The number of carbonyl (C=O) groups is 3. The van der Waals surface area contributed by atoms with Gasteiger partial charge in [-0.25, -0.2) is 0 Å². The summed E-state index contributed by atoms with van der Waals surface area (Å²) in [4.78, 5) is 31.1. The molecule has 1 saturated carbocycles. The van der Waals surface area contributed by atoms with Crippen LogP contribution in [0, 0.1) is 0 Å². The molecule has 0 heterocycles. The van der Waals surface area contributed by atoms with Gasteiger partial charge in [0.05, 0.1) is 0 Å². The van der Waals surface area contributed by atoms with Gasteiger partial charge in [-0.05, 0) is 43.4 Å². The Bertz CT molecular complexity index is 866. The van der Waals surface area contributed by atoms with Gasteiger partial charge in [0.15, 0.2) is 0 Å². The van der Waals surface area contributed by atoms with E-state index >= 15 is 0 Å². The number of carbonyl (C=O) groups excluding carboxylic acids is 1. The lowest BCUT2D eigenvalue weighted by molar-refractivity contribution is -0.144. The van der Waals surface area contributed by atoms with E-state index in [4.69, 9.17) is 27.4 Å². The second-order valence-corrected chi connectivity index (χ2v) is 8.36. The van der Waals surface area contributed by atoms with Crippen LogP contribution >= 0.6 is 0 Å². The molecule has 0 aliphatic heterocycles. The Morgan fingerprint density at radius 3 is 1.91 bits per heavy atom. The minimum Gasteiger partial charge on any atom is -0.480 e. The normalized spacial score (nSPS) is 14.9. The monoisotopic (exact) mass is 471 g/mol. The lowest BCUT2D eigenvalue weighted by Gasteiger charge is -2.28. The van der Waals surface area contributed by atoms with Crippen LogP contribution in [0.1, 0.15) is 61.7 Å². The molecular weight excluding hydrogens is 434 g/mol. The predicted octanol–water partition coefficient (Wildman–Crippen LogP) is 3.43. The summed E-state index contributed by atoms with van der Waals surface area (Å²) in [5, 5.41) is 17.0. The molecule has 2 aromatic carbocycles. The van der Waals surface area contributed by atoms with Gasteiger partial charge < -0.3 is 27.4 Å². The van der Waals surface area contributed by atoms with Gasteiger partial charge in [0.1, 0.15) is 17.9 Å². The van der Waals surface area contributed by atoms with Crippen molar-refractivity contribution >= 4 is 18.2 Å². The second kappa shape index (κ2) is 15.7. The van der Waals surface area contributed by atoms with E-state index in [1.54, 1.807) is 0 Å². The number of nitrogens with two attached hydrogens (primary N) is 3. The summed E-state index contributed by atoms with van der Waals surface area (Å²) in [6.45, 7) is 0.604. The first-order chi connectivity index (χ1) is 16.2. The standard InChI is InChI=1S/C13H10O.C7H13NO2.C6H14N2O2/c14-10-11-6-8-13(9-7-11)12-4-2-1-3-5-12;8-7(6(9)10)4-2-1-3-5-7;7-4-2-1-3-5(8)6(9)10/h1-10H;1-5,8H2,(H,9,10);5H,1-4,7-8H2,(H,9,10). The average molecular weight is 472 g/mol. The first kappa shape index (κ1) is 29.0. The third-order valence-corrected chi connectivity index (χ3v) is 5.61. The molecule has 0 amide bonds. The van der Waals surface area contributed by atoms with E-state index in [2.05, 4.69) is 12.1 Å². The first-order valence-corrected chi connectivity index (χ1v) is 11.5. The predicted molar refractivity (Wildman–Crippen MR) is 133 cm³/mol. The van der Waals surface area contributed by atoms with Gasteiger partial charge >= 0.3 is 11.9 Å². The molecule has 1 aliphatic rings. The van der Waals surface area contributed by atoms with Crippen molar-refractivity contribution in [1.29, 1.82) is 0 Å². The van der Waals surface area contributed by atoms with Gasteiger partial charge in [-0.15, -0.1) is 0 Å². The largest absolute Gasteiger partial charge is 0.480 e. The van der Waals surface area contributed by atoms with Crippen LogP contribution in [0.15, 0.2) is 54.6 Å². The number of carboxylic acid groups (broad SMARTS) is 2. The lowest BCUT2D eigenvalue weighted by atomic mass is 9.83. The van der Waals surface area contributed by atoms with Crippen molar-refractivity contribution < 1.29 is 24.6 Å². The average Bonchev–Trinajstić information content (AvgIpc) is 2.86. The highest BCUT2D eigenvalue weighted by molar-refractivity contribution is 5.78. The summed E-state index contributed by atoms with van der Waals surface area (Å²) in [5.41, 5.74) is 18.1. The highest BCUT2D eigenvalue weighted by Gasteiger charge is 2.34. The highest BCUT2D eigenvalue weighted by atomic mass is 16.4. The third kappa shape index (κ3) is 10.7. The van der Waals surface area contributed by atoms with Crippen molar-refractivity contribution in [2.24, 2.45) is 17.2 Å². The Kier molecular flexibility index (Phi) is 13.4. The Morgan fingerprint density at radius 2 is 1.47 bits per heavy atom. The fraction of sp³-hybridized carbons (Fsp3) is 0.423. The molecule has 34 heavy (non-hydrogen) atoms. The van der Waals surface area contributed by atoms with Crippen molar-refractivity contribution in [3.63, 3.8) is 0 Å². The summed E-state index contributed by atoms with van der Waals surface area (Å²) in [5.74, 6) is -1.77. The van der Waals surface area contributed by atoms with E-state index in [0.717, 1.165) is 44.0 Å². The van der Waals surface area contributed by atoms with Gasteiger partial charge in [-0.3, -0.25) is 14.4 Å². The van der Waals surface area contributed by atoms with E-state index in [9.17, 15) is 14.4 Å². The van der Waals surface area contributed by atoms with Crippen molar-refractivity contribution in [3.8, 4) is 11.1 Å². The zero-order valence-corrected chi connectivity index (χ0v) is 19.6. The van der Waals surface area contributed by atoms with Crippen molar-refractivity contribution in [1.82, 2.24) is 0 Å². The number of aliphatic carboxylic acids is 2. The molecule has 1 aliphatic carbocycles. The molecule has 1 fully saturated rings. The van der Waals surface area contributed by atoms with Gasteiger partial charge in [0, 0.05) is 5.56 Å². The topological polar surface area (TPSA) is 170 Å². The fourth-order valence-corrected chi connectivity index (χ4v) is 3.41. The third-order valence-electron chi connectivity index (χ3n) is 5.61.